The van der Waals surface area contributed by atoms with E-state index in [1.54, 1.807) is 30.5 Å². The van der Waals surface area contributed by atoms with Crippen molar-refractivity contribution in [2.24, 2.45) is 0 Å². The van der Waals surface area contributed by atoms with E-state index >= 15 is 0 Å². The normalized spacial score (nSPS) is 10.7. The third-order valence-corrected chi connectivity index (χ3v) is 3.55. The molecule has 0 aliphatic rings. The van der Waals surface area contributed by atoms with Gasteiger partial charge in [-0.25, -0.2) is 0 Å². The molecule has 0 amide bonds. The van der Waals surface area contributed by atoms with Gasteiger partial charge in [0.05, 0.1) is 6.42 Å². The Kier molecular flexibility index (Phi) is 3.66. The van der Waals surface area contributed by atoms with Crippen molar-refractivity contribution in [3.8, 4) is 0 Å². The number of fused-ring (bicyclic) bond motifs is 1. The topological polar surface area (TPSA) is 60.2 Å². The van der Waals surface area contributed by atoms with Crippen LogP contribution in [-0.4, -0.2) is 16.6 Å². The molecule has 3 aromatic rings. The van der Waals surface area contributed by atoms with Crippen molar-refractivity contribution in [2.45, 2.75) is 6.42 Å². The first kappa shape index (κ1) is 13.7. The van der Waals surface area contributed by atoms with Crippen LogP contribution in [0.15, 0.2) is 57.7 Å². The van der Waals surface area contributed by atoms with E-state index in [9.17, 15) is 9.59 Å². The van der Waals surface area contributed by atoms with Crippen molar-refractivity contribution in [3.63, 3.8) is 0 Å². The SMILES string of the molecule is O=C(CC(=O)c1cc2cc(Br)ccc2o1)c1cccnc1. The Morgan fingerprint density at radius 2 is 2.00 bits per heavy atom. The Bertz CT molecular complexity index is 824. The molecule has 0 aliphatic heterocycles. The fourth-order valence-corrected chi connectivity index (χ4v) is 2.39. The van der Waals surface area contributed by atoms with Gasteiger partial charge in [0.2, 0.25) is 5.78 Å². The van der Waals surface area contributed by atoms with Crippen LogP contribution in [0, 0.1) is 0 Å². The molecule has 21 heavy (non-hydrogen) atoms. The molecule has 0 bridgehead atoms. The standard InChI is InChI=1S/C16H10BrNO3/c17-12-3-4-15-11(6-12)7-16(21-15)14(20)8-13(19)10-2-1-5-18-9-10/h1-7,9H,8H2. The molecule has 0 saturated heterocycles. The van der Waals surface area contributed by atoms with Gasteiger partial charge in [0.25, 0.3) is 0 Å². The van der Waals surface area contributed by atoms with Crippen LogP contribution in [-0.2, 0) is 0 Å². The van der Waals surface area contributed by atoms with Crippen LogP contribution in [0.2, 0.25) is 0 Å². The molecule has 5 heteroatoms. The summed E-state index contributed by atoms with van der Waals surface area (Å²) in [6.07, 6.45) is 2.80. The number of aromatic nitrogens is 1. The van der Waals surface area contributed by atoms with Crippen LogP contribution in [0.4, 0.5) is 0 Å². The summed E-state index contributed by atoms with van der Waals surface area (Å²) in [5.41, 5.74) is 1.04. The summed E-state index contributed by atoms with van der Waals surface area (Å²) in [4.78, 5) is 28.0. The van der Waals surface area contributed by atoms with Gasteiger partial charge in [-0.15, -0.1) is 0 Å². The van der Waals surface area contributed by atoms with E-state index in [1.807, 2.05) is 12.1 Å². The first-order valence-corrected chi connectivity index (χ1v) is 7.08. The van der Waals surface area contributed by atoms with Crippen molar-refractivity contribution in [3.05, 3.63) is 64.6 Å². The lowest BCUT2D eigenvalue weighted by Gasteiger charge is -1.97. The number of carbonyl (C=O) groups excluding carboxylic acids is 2. The van der Waals surface area contributed by atoms with E-state index in [1.165, 1.54) is 6.20 Å². The quantitative estimate of drug-likeness (QED) is 0.529. The largest absolute Gasteiger partial charge is 0.453 e. The first-order valence-electron chi connectivity index (χ1n) is 6.29. The highest BCUT2D eigenvalue weighted by molar-refractivity contribution is 9.10. The Morgan fingerprint density at radius 3 is 2.76 bits per heavy atom. The number of Topliss-reactive ketones (excluding diaryl/α,β-unsaturated/α-hetero) is 2. The maximum Gasteiger partial charge on any atom is 0.205 e. The van der Waals surface area contributed by atoms with Gasteiger partial charge < -0.3 is 4.42 Å². The van der Waals surface area contributed by atoms with E-state index in [0.29, 0.717) is 11.1 Å². The van der Waals surface area contributed by atoms with E-state index in [-0.39, 0.29) is 23.7 Å². The van der Waals surface area contributed by atoms with Crippen LogP contribution in [0.3, 0.4) is 0 Å². The van der Waals surface area contributed by atoms with E-state index in [4.69, 9.17) is 4.42 Å². The van der Waals surface area contributed by atoms with E-state index in [0.717, 1.165) is 9.86 Å². The zero-order valence-electron chi connectivity index (χ0n) is 10.9. The monoisotopic (exact) mass is 343 g/mol. The molecule has 0 aliphatic carbocycles. The van der Waals surface area contributed by atoms with Gasteiger partial charge in [0, 0.05) is 27.8 Å². The second kappa shape index (κ2) is 5.61. The maximum absolute atomic E-state index is 12.1. The van der Waals surface area contributed by atoms with Crippen LogP contribution in [0.5, 0.6) is 0 Å². The second-order valence-corrected chi connectivity index (χ2v) is 5.47. The van der Waals surface area contributed by atoms with E-state index in [2.05, 4.69) is 20.9 Å². The first-order chi connectivity index (χ1) is 10.1. The number of pyridine rings is 1. The number of furan rings is 1. The van der Waals surface area contributed by atoms with Crippen molar-refractivity contribution in [2.75, 3.05) is 0 Å². The molecule has 104 valence electrons. The average molecular weight is 344 g/mol. The van der Waals surface area contributed by atoms with Crippen molar-refractivity contribution < 1.29 is 14.0 Å². The molecule has 2 heterocycles. The van der Waals surface area contributed by atoms with E-state index < -0.39 is 0 Å². The Labute approximate surface area is 128 Å². The lowest BCUT2D eigenvalue weighted by molar-refractivity contribution is 0.0879. The smallest absolute Gasteiger partial charge is 0.205 e. The minimum Gasteiger partial charge on any atom is -0.453 e. The van der Waals surface area contributed by atoms with Crippen LogP contribution in [0.1, 0.15) is 27.3 Å². The van der Waals surface area contributed by atoms with Crippen molar-refractivity contribution >= 4 is 38.5 Å². The summed E-state index contributed by atoms with van der Waals surface area (Å²) in [7, 11) is 0. The summed E-state index contributed by atoms with van der Waals surface area (Å²) in [6.45, 7) is 0. The molecule has 0 unspecified atom stereocenters. The average Bonchev–Trinajstić information content (AvgIpc) is 2.91. The van der Waals surface area contributed by atoms with Crippen LogP contribution in [0.25, 0.3) is 11.0 Å². The van der Waals surface area contributed by atoms with Crippen LogP contribution >= 0.6 is 15.9 Å². The third-order valence-electron chi connectivity index (χ3n) is 3.06. The van der Waals surface area contributed by atoms with Gasteiger partial charge in [0.1, 0.15) is 5.58 Å². The molecule has 0 N–H and O–H groups in total. The molecule has 0 fully saturated rings. The van der Waals surface area contributed by atoms with Gasteiger partial charge in [-0.05, 0) is 36.4 Å². The number of nitrogens with zero attached hydrogens (tertiary/aromatic N) is 1. The lowest BCUT2D eigenvalue weighted by Crippen LogP contribution is -2.08. The van der Waals surface area contributed by atoms with Gasteiger partial charge in [-0.2, -0.15) is 0 Å². The zero-order chi connectivity index (χ0) is 14.8. The molecule has 1 aromatic carbocycles. The van der Waals surface area contributed by atoms with Crippen LogP contribution < -0.4 is 0 Å². The second-order valence-electron chi connectivity index (χ2n) is 4.56. The predicted molar refractivity (Wildman–Crippen MR) is 81.4 cm³/mol. The number of halogens is 1. The lowest BCUT2D eigenvalue weighted by atomic mass is 10.1. The number of carbonyl (C=O) groups is 2. The molecule has 2 aromatic heterocycles. The highest BCUT2D eigenvalue weighted by Crippen LogP contribution is 2.24. The highest BCUT2D eigenvalue weighted by Gasteiger charge is 2.17. The number of benzene rings is 1. The summed E-state index contributed by atoms with van der Waals surface area (Å²) in [6, 6.07) is 10.4. The molecule has 0 saturated carbocycles. The zero-order valence-corrected chi connectivity index (χ0v) is 12.5. The maximum atomic E-state index is 12.1. The van der Waals surface area contributed by atoms with Gasteiger partial charge in [0.15, 0.2) is 11.5 Å². The van der Waals surface area contributed by atoms with Gasteiger partial charge >= 0.3 is 0 Å². The number of hydrogen-bond donors (Lipinski definition) is 0. The molecular weight excluding hydrogens is 334 g/mol. The molecule has 4 nitrogen and oxygen atoms in total. The predicted octanol–water partition coefficient (Wildman–Crippen LogP) is 4.05. The van der Waals surface area contributed by atoms with Gasteiger partial charge in [-0.1, -0.05) is 15.9 Å². The molecule has 0 radical (unpaired) electrons. The van der Waals surface area contributed by atoms with Crippen molar-refractivity contribution in [1.29, 1.82) is 0 Å². The molecule has 0 atom stereocenters. The number of rotatable bonds is 4. The number of ketones is 2. The minimum absolute atomic E-state index is 0.195. The third kappa shape index (κ3) is 2.92. The molecule has 0 spiro atoms. The Morgan fingerprint density at radius 1 is 1.14 bits per heavy atom. The fourth-order valence-electron chi connectivity index (χ4n) is 2.01. The summed E-state index contributed by atoms with van der Waals surface area (Å²) >= 11 is 3.36. The number of hydrogen-bond acceptors (Lipinski definition) is 4. The molecule has 3 rings (SSSR count). The Balaban J connectivity index is 1.82. The summed E-state index contributed by atoms with van der Waals surface area (Å²) in [5, 5.41) is 0.821. The highest BCUT2D eigenvalue weighted by atomic mass is 79.9. The Hall–Kier alpha value is -2.27. The molecular formula is C16H10BrNO3. The summed E-state index contributed by atoms with van der Waals surface area (Å²) in [5.74, 6) is -0.411. The fraction of sp³-hybridized carbons (Fsp3) is 0.0625. The summed E-state index contributed by atoms with van der Waals surface area (Å²) < 4.78 is 6.39. The van der Waals surface area contributed by atoms with Crippen molar-refractivity contribution in [1.82, 2.24) is 4.98 Å². The minimum atomic E-state index is -0.337. The van der Waals surface area contributed by atoms with Gasteiger partial charge in [-0.3, -0.25) is 14.6 Å².